The first-order chi connectivity index (χ1) is 12.5. The van der Waals surface area contributed by atoms with Crippen LogP contribution in [-0.2, 0) is 4.79 Å². The number of carbonyl (C=O) groups excluding carboxylic acids is 1. The van der Waals surface area contributed by atoms with E-state index in [0.717, 1.165) is 16.8 Å². The fourth-order valence-corrected chi connectivity index (χ4v) is 3.14. The van der Waals surface area contributed by atoms with Gasteiger partial charge in [-0.05, 0) is 59.7 Å². The summed E-state index contributed by atoms with van der Waals surface area (Å²) >= 11 is 1.26. The van der Waals surface area contributed by atoms with Crippen molar-refractivity contribution < 1.29 is 9.18 Å². The number of halogens is 1. The molecule has 0 aliphatic carbocycles. The monoisotopic (exact) mass is 371 g/mol. The van der Waals surface area contributed by atoms with Crippen molar-refractivity contribution in [1.82, 2.24) is 25.5 Å². The Morgan fingerprint density at radius 2 is 2.04 bits per heavy atom. The number of nitrogens with one attached hydrogen (secondary N) is 1. The maximum Gasteiger partial charge on any atom is 0.230 e. The largest absolute Gasteiger partial charge is 0.349 e. The molecule has 1 aromatic heterocycles. The fraction of sp³-hybridized carbons (Fsp3) is 0.222. The van der Waals surface area contributed by atoms with Crippen LogP contribution in [0.3, 0.4) is 0 Å². The molecule has 1 atom stereocenters. The molecular formula is C18H18FN5OS. The van der Waals surface area contributed by atoms with Gasteiger partial charge < -0.3 is 5.32 Å². The molecular weight excluding hydrogens is 353 g/mol. The molecule has 3 aromatic rings. The first kappa shape index (κ1) is 18.1. The van der Waals surface area contributed by atoms with Crippen molar-refractivity contribution in [3.05, 3.63) is 65.5 Å². The van der Waals surface area contributed by atoms with Gasteiger partial charge in [-0.1, -0.05) is 36.0 Å². The second-order valence-electron chi connectivity index (χ2n) is 5.84. The topological polar surface area (TPSA) is 72.7 Å². The molecule has 0 radical (unpaired) electrons. The average molecular weight is 371 g/mol. The van der Waals surface area contributed by atoms with Crippen LogP contribution in [0.25, 0.3) is 5.69 Å². The summed E-state index contributed by atoms with van der Waals surface area (Å²) in [6.07, 6.45) is 0. The summed E-state index contributed by atoms with van der Waals surface area (Å²) in [5.74, 6) is -0.269. The molecule has 6 nitrogen and oxygen atoms in total. The van der Waals surface area contributed by atoms with Crippen LogP contribution in [0.4, 0.5) is 4.39 Å². The van der Waals surface area contributed by atoms with Crippen LogP contribution in [0, 0.1) is 12.7 Å². The third kappa shape index (κ3) is 4.45. The number of aryl methyl sites for hydroxylation is 1. The minimum Gasteiger partial charge on any atom is -0.349 e. The quantitative estimate of drug-likeness (QED) is 0.674. The van der Waals surface area contributed by atoms with Crippen LogP contribution in [0.2, 0.25) is 0 Å². The van der Waals surface area contributed by atoms with Gasteiger partial charge in [0.1, 0.15) is 5.82 Å². The van der Waals surface area contributed by atoms with E-state index in [9.17, 15) is 9.18 Å². The molecule has 26 heavy (non-hydrogen) atoms. The van der Waals surface area contributed by atoms with Gasteiger partial charge in [-0.25, -0.2) is 4.39 Å². The number of nitrogens with zero attached hydrogens (tertiary/aromatic N) is 4. The predicted octanol–water partition coefficient (Wildman–Crippen LogP) is 3.08. The Bertz CT molecular complexity index is 897. The van der Waals surface area contributed by atoms with Crippen molar-refractivity contribution >= 4 is 17.7 Å². The zero-order valence-corrected chi connectivity index (χ0v) is 15.2. The van der Waals surface area contributed by atoms with Gasteiger partial charge in [-0.2, -0.15) is 4.68 Å². The molecule has 8 heteroatoms. The lowest BCUT2D eigenvalue weighted by Crippen LogP contribution is -2.28. The highest BCUT2D eigenvalue weighted by Crippen LogP contribution is 2.19. The molecule has 1 unspecified atom stereocenters. The highest BCUT2D eigenvalue weighted by atomic mass is 32.2. The van der Waals surface area contributed by atoms with Gasteiger partial charge in [-0.3, -0.25) is 4.79 Å². The van der Waals surface area contributed by atoms with Crippen molar-refractivity contribution in [2.45, 2.75) is 25.0 Å². The van der Waals surface area contributed by atoms with Crippen LogP contribution in [0.5, 0.6) is 0 Å². The summed E-state index contributed by atoms with van der Waals surface area (Å²) in [6.45, 7) is 3.84. The number of aromatic nitrogens is 4. The minimum absolute atomic E-state index is 0.148. The number of benzene rings is 2. The standard InChI is InChI=1S/C18H18FN5OS/c1-12-4-3-5-16(10-12)24-18(21-22-23-24)26-11-17(25)20-13(2)14-6-8-15(19)9-7-14/h3-10,13H,11H2,1-2H3,(H,20,25). The number of hydrogen-bond donors (Lipinski definition) is 1. The van der Waals surface area contributed by atoms with Crippen molar-refractivity contribution in [1.29, 1.82) is 0 Å². The molecule has 1 amide bonds. The van der Waals surface area contributed by atoms with E-state index in [-0.39, 0.29) is 23.5 Å². The number of thioether (sulfide) groups is 1. The number of amides is 1. The summed E-state index contributed by atoms with van der Waals surface area (Å²) < 4.78 is 14.6. The molecule has 0 fully saturated rings. The van der Waals surface area contributed by atoms with Gasteiger partial charge in [-0.15, -0.1) is 5.10 Å². The average Bonchev–Trinajstić information content (AvgIpc) is 3.09. The molecule has 0 saturated carbocycles. The first-order valence-corrected chi connectivity index (χ1v) is 9.04. The van der Waals surface area contributed by atoms with Crippen molar-refractivity contribution in [3.8, 4) is 5.69 Å². The lowest BCUT2D eigenvalue weighted by molar-refractivity contribution is -0.119. The molecule has 0 saturated heterocycles. The molecule has 0 bridgehead atoms. The van der Waals surface area contributed by atoms with Gasteiger partial charge >= 0.3 is 0 Å². The number of tetrazole rings is 1. The van der Waals surface area contributed by atoms with E-state index in [1.165, 1.54) is 23.9 Å². The lowest BCUT2D eigenvalue weighted by Gasteiger charge is -2.14. The van der Waals surface area contributed by atoms with E-state index in [0.29, 0.717) is 5.16 Å². The van der Waals surface area contributed by atoms with Crippen molar-refractivity contribution in [3.63, 3.8) is 0 Å². The SMILES string of the molecule is Cc1cccc(-n2nnnc2SCC(=O)NC(C)c2ccc(F)cc2)c1. The van der Waals surface area contributed by atoms with Gasteiger partial charge in [0.15, 0.2) is 0 Å². The number of carbonyl (C=O) groups is 1. The van der Waals surface area contributed by atoms with Gasteiger partial charge in [0, 0.05) is 0 Å². The predicted molar refractivity (Wildman–Crippen MR) is 97.6 cm³/mol. The van der Waals surface area contributed by atoms with E-state index >= 15 is 0 Å². The molecule has 1 N–H and O–H groups in total. The summed E-state index contributed by atoms with van der Waals surface area (Å²) in [5.41, 5.74) is 2.78. The van der Waals surface area contributed by atoms with E-state index in [1.54, 1.807) is 16.8 Å². The highest BCUT2D eigenvalue weighted by molar-refractivity contribution is 7.99. The maximum atomic E-state index is 13.0. The van der Waals surface area contributed by atoms with Crippen molar-refractivity contribution in [2.24, 2.45) is 0 Å². The molecule has 3 rings (SSSR count). The van der Waals surface area contributed by atoms with E-state index < -0.39 is 0 Å². The Morgan fingerprint density at radius 1 is 1.27 bits per heavy atom. The van der Waals surface area contributed by atoms with Gasteiger partial charge in [0.2, 0.25) is 11.1 Å². The van der Waals surface area contributed by atoms with Crippen LogP contribution in [0.1, 0.15) is 24.1 Å². The Morgan fingerprint density at radius 3 is 2.77 bits per heavy atom. The number of hydrogen-bond acceptors (Lipinski definition) is 5. The minimum atomic E-state index is -0.300. The van der Waals surface area contributed by atoms with Crippen LogP contribution >= 0.6 is 11.8 Å². The zero-order valence-electron chi connectivity index (χ0n) is 14.4. The van der Waals surface area contributed by atoms with Gasteiger partial charge in [0.05, 0.1) is 17.5 Å². The molecule has 0 aliphatic rings. The molecule has 1 heterocycles. The van der Waals surface area contributed by atoms with Crippen LogP contribution < -0.4 is 5.32 Å². The molecule has 0 aliphatic heterocycles. The Kier molecular flexibility index (Phi) is 5.62. The summed E-state index contributed by atoms with van der Waals surface area (Å²) in [4.78, 5) is 12.2. The van der Waals surface area contributed by atoms with Crippen molar-refractivity contribution in [2.75, 3.05) is 5.75 Å². The van der Waals surface area contributed by atoms with E-state index in [4.69, 9.17) is 0 Å². The Hall–Kier alpha value is -2.74. The third-order valence-electron chi connectivity index (χ3n) is 3.77. The normalized spacial score (nSPS) is 12.0. The van der Waals surface area contributed by atoms with E-state index in [1.807, 2.05) is 38.1 Å². The molecule has 2 aromatic carbocycles. The summed E-state index contributed by atoms with van der Waals surface area (Å²) in [5, 5.41) is 15.1. The van der Waals surface area contributed by atoms with E-state index in [2.05, 4.69) is 20.8 Å². The van der Waals surface area contributed by atoms with Crippen LogP contribution in [-0.4, -0.2) is 31.9 Å². The third-order valence-corrected chi connectivity index (χ3v) is 4.69. The zero-order chi connectivity index (χ0) is 18.5. The summed E-state index contributed by atoms with van der Waals surface area (Å²) in [6, 6.07) is 13.7. The first-order valence-electron chi connectivity index (χ1n) is 8.06. The molecule has 134 valence electrons. The lowest BCUT2D eigenvalue weighted by atomic mass is 10.1. The molecule has 0 spiro atoms. The van der Waals surface area contributed by atoms with Crippen LogP contribution in [0.15, 0.2) is 53.7 Å². The smallest absolute Gasteiger partial charge is 0.230 e. The van der Waals surface area contributed by atoms with Gasteiger partial charge in [0.25, 0.3) is 0 Å². The Labute approximate surface area is 154 Å². The summed E-state index contributed by atoms with van der Waals surface area (Å²) in [7, 11) is 0. The maximum absolute atomic E-state index is 13.0. The number of rotatable bonds is 6. The fourth-order valence-electron chi connectivity index (χ4n) is 2.44. The highest BCUT2D eigenvalue weighted by Gasteiger charge is 2.14. The Balaban J connectivity index is 1.60. The second kappa shape index (κ2) is 8.09. The second-order valence-corrected chi connectivity index (χ2v) is 6.78.